The molecule has 5 nitrogen and oxygen atoms in total. The van der Waals surface area contributed by atoms with Crippen LogP contribution in [0.25, 0.3) is 0 Å². The molecule has 17 heavy (non-hydrogen) atoms. The van der Waals surface area contributed by atoms with Crippen molar-refractivity contribution in [2.24, 2.45) is 0 Å². The Morgan fingerprint density at radius 1 is 1.47 bits per heavy atom. The number of hydrogen-bond acceptors (Lipinski definition) is 4. The third kappa shape index (κ3) is 4.14. The zero-order valence-corrected chi connectivity index (χ0v) is 9.90. The second kappa shape index (κ2) is 5.89. The molecule has 92 valence electrons. The summed E-state index contributed by atoms with van der Waals surface area (Å²) in [6.07, 6.45) is 0.358. The number of nitrogens with two attached hydrogens (primary N) is 1. The van der Waals surface area contributed by atoms with Crippen molar-refractivity contribution < 1.29 is 14.3 Å². The first kappa shape index (κ1) is 13.0. The first-order valence-electron chi connectivity index (χ1n) is 5.22. The first-order chi connectivity index (χ1) is 8.02. The SMILES string of the molecule is COC(=O)[C@@H](Cc1cccc(N)c1)NC(C)=O. The molecule has 1 rings (SSSR count). The lowest BCUT2D eigenvalue weighted by Crippen LogP contribution is -2.41. The minimum atomic E-state index is -0.681. The highest BCUT2D eigenvalue weighted by Crippen LogP contribution is 2.09. The van der Waals surface area contributed by atoms with Crippen LogP contribution in [0.3, 0.4) is 0 Å². The van der Waals surface area contributed by atoms with E-state index in [0.717, 1.165) is 5.56 Å². The summed E-state index contributed by atoms with van der Waals surface area (Å²) in [7, 11) is 1.29. The average Bonchev–Trinajstić information content (AvgIpc) is 2.26. The fraction of sp³-hybridized carbons (Fsp3) is 0.333. The topological polar surface area (TPSA) is 81.4 Å². The molecular formula is C12H16N2O3. The summed E-state index contributed by atoms with van der Waals surface area (Å²) >= 11 is 0. The van der Waals surface area contributed by atoms with E-state index in [-0.39, 0.29) is 5.91 Å². The number of esters is 1. The smallest absolute Gasteiger partial charge is 0.328 e. The molecule has 0 fully saturated rings. The van der Waals surface area contributed by atoms with Crippen LogP contribution in [0.15, 0.2) is 24.3 Å². The number of ether oxygens (including phenoxy) is 1. The van der Waals surface area contributed by atoms with Crippen molar-refractivity contribution >= 4 is 17.6 Å². The van der Waals surface area contributed by atoms with E-state index in [2.05, 4.69) is 10.1 Å². The van der Waals surface area contributed by atoms with Gasteiger partial charge < -0.3 is 15.8 Å². The van der Waals surface area contributed by atoms with Gasteiger partial charge in [-0.25, -0.2) is 4.79 Å². The van der Waals surface area contributed by atoms with Crippen LogP contribution >= 0.6 is 0 Å². The van der Waals surface area contributed by atoms with Gasteiger partial charge in [-0.3, -0.25) is 4.79 Å². The largest absolute Gasteiger partial charge is 0.467 e. The standard InChI is InChI=1S/C12H16N2O3/c1-8(15)14-11(12(16)17-2)7-9-4-3-5-10(13)6-9/h3-6,11H,7,13H2,1-2H3,(H,14,15)/t11-/m1/s1. The van der Waals surface area contributed by atoms with E-state index in [4.69, 9.17) is 5.73 Å². The summed E-state index contributed by atoms with van der Waals surface area (Å²) in [4.78, 5) is 22.5. The molecule has 0 unspecified atom stereocenters. The van der Waals surface area contributed by atoms with Gasteiger partial charge in [-0.05, 0) is 17.7 Å². The van der Waals surface area contributed by atoms with Gasteiger partial charge in [-0.2, -0.15) is 0 Å². The Hall–Kier alpha value is -2.04. The number of rotatable bonds is 4. The molecule has 0 bridgehead atoms. The van der Waals surface area contributed by atoms with Crippen LogP contribution in [0.1, 0.15) is 12.5 Å². The Balaban J connectivity index is 2.78. The third-order valence-electron chi connectivity index (χ3n) is 2.25. The monoisotopic (exact) mass is 236 g/mol. The maximum atomic E-state index is 11.5. The van der Waals surface area contributed by atoms with Crippen LogP contribution < -0.4 is 11.1 Å². The zero-order valence-electron chi connectivity index (χ0n) is 9.90. The Kier molecular flexibility index (Phi) is 4.51. The number of benzene rings is 1. The number of carbonyl (C=O) groups excluding carboxylic acids is 2. The Morgan fingerprint density at radius 3 is 2.71 bits per heavy atom. The molecule has 1 amide bonds. The molecule has 1 atom stereocenters. The number of methoxy groups -OCH3 is 1. The summed E-state index contributed by atoms with van der Waals surface area (Å²) < 4.78 is 4.63. The normalized spacial score (nSPS) is 11.6. The van der Waals surface area contributed by atoms with E-state index < -0.39 is 12.0 Å². The lowest BCUT2D eigenvalue weighted by molar-refractivity contribution is -0.144. The number of carbonyl (C=O) groups is 2. The van der Waals surface area contributed by atoms with Crippen molar-refractivity contribution in [2.45, 2.75) is 19.4 Å². The number of anilines is 1. The number of amides is 1. The fourth-order valence-corrected chi connectivity index (χ4v) is 1.54. The molecule has 0 saturated carbocycles. The Labute approximate surface area is 99.9 Å². The average molecular weight is 236 g/mol. The molecule has 0 aliphatic carbocycles. The number of hydrogen-bond donors (Lipinski definition) is 2. The van der Waals surface area contributed by atoms with Crippen molar-refractivity contribution in [3.8, 4) is 0 Å². The van der Waals surface area contributed by atoms with E-state index >= 15 is 0 Å². The summed E-state index contributed by atoms with van der Waals surface area (Å²) in [6.45, 7) is 1.36. The first-order valence-corrected chi connectivity index (χ1v) is 5.22. The minimum Gasteiger partial charge on any atom is -0.467 e. The molecule has 0 aliphatic heterocycles. The maximum Gasteiger partial charge on any atom is 0.328 e. The van der Waals surface area contributed by atoms with E-state index in [1.807, 2.05) is 6.07 Å². The predicted octanol–water partition coefficient (Wildman–Crippen LogP) is 0.489. The zero-order chi connectivity index (χ0) is 12.8. The van der Waals surface area contributed by atoms with Crippen LogP contribution in [0.5, 0.6) is 0 Å². The third-order valence-corrected chi connectivity index (χ3v) is 2.25. The molecule has 1 aromatic carbocycles. The number of nitrogen functional groups attached to an aromatic ring is 1. The van der Waals surface area contributed by atoms with Crippen molar-refractivity contribution in [2.75, 3.05) is 12.8 Å². The van der Waals surface area contributed by atoms with Gasteiger partial charge in [0.15, 0.2) is 0 Å². The predicted molar refractivity (Wildman–Crippen MR) is 64.2 cm³/mol. The van der Waals surface area contributed by atoms with Crippen molar-refractivity contribution in [1.29, 1.82) is 0 Å². The quantitative estimate of drug-likeness (QED) is 0.589. The van der Waals surface area contributed by atoms with Crippen LogP contribution in [0.4, 0.5) is 5.69 Å². The van der Waals surface area contributed by atoms with E-state index in [1.165, 1.54) is 14.0 Å². The highest BCUT2D eigenvalue weighted by atomic mass is 16.5. The molecule has 0 aromatic heterocycles. The fourth-order valence-electron chi connectivity index (χ4n) is 1.54. The van der Waals surface area contributed by atoms with Gasteiger partial charge in [0.25, 0.3) is 0 Å². The van der Waals surface area contributed by atoms with Crippen LogP contribution in [0, 0.1) is 0 Å². The van der Waals surface area contributed by atoms with Gasteiger partial charge in [-0.15, -0.1) is 0 Å². The van der Waals surface area contributed by atoms with Crippen molar-refractivity contribution in [1.82, 2.24) is 5.32 Å². The van der Waals surface area contributed by atoms with Gasteiger partial charge in [0.2, 0.25) is 5.91 Å². The van der Waals surface area contributed by atoms with Gasteiger partial charge in [0.05, 0.1) is 7.11 Å². The molecule has 0 heterocycles. The second-order valence-corrected chi connectivity index (χ2v) is 3.73. The van der Waals surface area contributed by atoms with Gasteiger partial charge >= 0.3 is 5.97 Å². The molecule has 5 heteroatoms. The molecule has 0 aliphatic rings. The van der Waals surface area contributed by atoms with Crippen LogP contribution in [-0.2, 0) is 20.7 Å². The van der Waals surface area contributed by atoms with Crippen LogP contribution in [-0.4, -0.2) is 25.0 Å². The molecule has 0 spiro atoms. The van der Waals surface area contributed by atoms with E-state index in [0.29, 0.717) is 12.1 Å². The number of nitrogens with one attached hydrogen (secondary N) is 1. The maximum absolute atomic E-state index is 11.5. The molecule has 0 radical (unpaired) electrons. The van der Waals surface area contributed by atoms with E-state index in [1.54, 1.807) is 18.2 Å². The lowest BCUT2D eigenvalue weighted by atomic mass is 10.1. The van der Waals surface area contributed by atoms with Crippen LogP contribution in [0.2, 0.25) is 0 Å². The summed E-state index contributed by atoms with van der Waals surface area (Å²) in [5, 5.41) is 2.54. The van der Waals surface area contributed by atoms with Crippen molar-refractivity contribution in [3.63, 3.8) is 0 Å². The Morgan fingerprint density at radius 2 is 2.18 bits per heavy atom. The summed E-state index contributed by atoms with van der Waals surface area (Å²) in [6, 6.07) is 6.48. The van der Waals surface area contributed by atoms with Gasteiger partial charge in [0.1, 0.15) is 6.04 Å². The van der Waals surface area contributed by atoms with E-state index in [9.17, 15) is 9.59 Å². The van der Waals surface area contributed by atoms with Crippen molar-refractivity contribution in [3.05, 3.63) is 29.8 Å². The minimum absolute atomic E-state index is 0.274. The molecule has 1 aromatic rings. The highest BCUT2D eigenvalue weighted by Gasteiger charge is 2.20. The molecule has 3 N–H and O–H groups in total. The Bertz CT molecular complexity index is 418. The van der Waals surface area contributed by atoms with Gasteiger partial charge in [0, 0.05) is 19.0 Å². The summed E-state index contributed by atoms with van der Waals surface area (Å²) in [5.41, 5.74) is 7.13. The summed E-state index contributed by atoms with van der Waals surface area (Å²) in [5.74, 6) is -0.744. The highest BCUT2D eigenvalue weighted by molar-refractivity contribution is 5.83. The second-order valence-electron chi connectivity index (χ2n) is 3.73. The lowest BCUT2D eigenvalue weighted by Gasteiger charge is -2.15. The van der Waals surface area contributed by atoms with Gasteiger partial charge in [-0.1, -0.05) is 12.1 Å². The molecular weight excluding hydrogens is 220 g/mol. The molecule has 0 saturated heterocycles.